The first-order valence-electron chi connectivity index (χ1n) is 8.48. The molecule has 0 saturated heterocycles. The van der Waals surface area contributed by atoms with Gasteiger partial charge in [0.05, 0.1) is 11.3 Å². The zero-order valence-corrected chi connectivity index (χ0v) is 14.6. The molecule has 4 rings (SSSR count). The van der Waals surface area contributed by atoms with Crippen LogP contribution in [0, 0.1) is 0 Å². The second kappa shape index (κ2) is 6.88. The summed E-state index contributed by atoms with van der Waals surface area (Å²) in [6.45, 7) is 0. The first-order chi connectivity index (χ1) is 13.5. The van der Waals surface area contributed by atoms with Crippen molar-refractivity contribution in [2.75, 3.05) is 5.32 Å². The highest BCUT2D eigenvalue weighted by Gasteiger charge is 2.14. The first kappa shape index (κ1) is 17.3. The van der Waals surface area contributed by atoms with Gasteiger partial charge in [0.1, 0.15) is 0 Å². The molecule has 0 atom stereocenters. The highest BCUT2D eigenvalue weighted by atomic mass is 16.4. The lowest BCUT2D eigenvalue weighted by Gasteiger charge is -2.05. The standard InChI is InChI=1S/C21H16N4O3/c22-21(28)25-16-4-5-19-18(9-16)15(11-24-19)8-17-7-14(10-23-17)12-2-1-3-13(6-12)20(26)27/h1-11,23H,(H,26,27)(H3,22,25,28). The van der Waals surface area contributed by atoms with Gasteiger partial charge in [0, 0.05) is 34.9 Å². The van der Waals surface area contributed by atoms with Crippen LogP contribution in [0.3, 0.4) is 0 Å². The minimum absolute atomic E-state index is 0.241. The predicted octanol–water partition coefficient (Wildman–Crippen LogP) is 4.13. The molecule has 7 heteroatoms. The number of hydrogen-bond donors (Lipinski definition) is 4. The number of hydrogen-bond acceptors (Lipinski definition) is 3. The number of urea groups is 1. The van der Waals surface area contributed by atoms with Crippen LogP contribution >= 0.6 is 0 Å². The van der Waals surface area contributed by atoms with E-state index in [4.69, 9.17) is 10.8 Å². The van der Waals surface area contributed by atoms with Gasteiger partial charge in [-0.2, -0.15) is 0 Å². The van der Waals surface area contributed by atoms with Crippen LogP contribution in [-0.2, 0) is 0 Å². The summed E-state index contributed by atoms with van der Waals surface area (Å²) in [6, 6.07) is 13.5. The van der Waals surface area contributed by atoms with Crippen molar-refractivity contribution >= 4 is 41.2 Å². The zero-order valence-electron chi connectivity index (χ0n) is 14.6. The van der Waals surface area contributed by atoms with E-state index in [2.05, 4.69) is 15.3 Å². The van der Waals surface area contributed by atoms with Crippen molar-refractivity contribution in [3.8, 4) is 11.1 Å². The van der Waals surface area contributed by atoms with E-state index in [0.29, 0.717) is 5.69 Å². The summed E-state index contributed by atoms with van der Waals surface area (Å²) in [6.07, 6.45) is 5.52. The molecule has 138 valence electrons. The fraction of sp³-hybridized carbons (Fsp3) is 0. The summed E-state index contributed by atoms with van der Waals surface area (Å²) >= 11 is 0. The van der Waals surface area contributed by atoms with Crippen LogP contribution in [0.2, 0.25) is 0 Å². The maximum absolute atomic E-state index is 11.2. The SMILES string of the molecule is NC(=O)Nc1ccc2c(c1)C(=Cc1cc(-c3cccc(C(=O)O)c3)c[nH]1)C=N2. The maximum Gasteiger partial charge on any atom is 0.335 e. The van der Waals surface area contributed by atoms with E-state index in [0.717, 1.165) is 33.6 Å². The van der Waals surface area contributed by atoms with Crippen molar-refractivity contribution in [2.24, 2.45) is 10.7 Å². The molecule has 0 radical (unpaired) electrons. The second-order valence-electron chi connectivity index (χ2n) is 6.31. The molecule has 2 aromatic carbocycles. The Morgan fingerprint density at radius 2 is 1.96 bits per heavy atom. The first-order valence-corrected chi connectivity index (χ1v) is 8.48. The van der Waals surface area contributed by atoms with Gasteiger partial charge in [-0.25, -0.2) is 9.59 Å². The summed E-state index contributed by atoms with van der Waals surface area (Å²) in [5.74, 6) is -0.959. The number of fused-ring (bicyclic) bond motifs is 1. The number of allylic oxidation sites excluding steroid dienone is 1. The highest BCUT2D eigenvalue weighted by molar-refractivity contribution is 6.21. The number of carbonyl (C=O) groups is 2. The molecule has 7 nitrogen and oxygen atoms in total. The van der Waals surface area contributed by atoms with Crippen LogP contribution in [0.1, 0.15) is 21.6 Å². The van der Waals surface area contributed by atoms with Crippen LogP contribution < -0.4 is 11.1 Å². The Kier molecular flexibility index (Phi) is 4.25. The molecule has 28 heavy (non-hydrogen) atoms. The molecule has 1 aromatic heterocycles. The molecule has 1 aliphatic heterocycles. The number of carboxylic acids is 1. The number of nitrogens with two attached hydrogens (primary N) is 1. The van der Waals surface area contributed by atoms with Crippen LogP contribution in [0.15, 0.2) is 59.7 Å². The molecule has 0 saturated carbocycles. The van der Waals surface area contributed by atoms with E-state index < -0.39 is 12.0 Å². The maximum atomic E-state index is 11.2. The van der Waals surface area contributed by atoms with Crippen LogP contribution in [0.4, 0.5) is 16.2 Å². The number of rotatable bonds is 4. The van der Waals surface area contributed by atoms with E-state index >= 15 is 0 Å². The predicted molar refractivity (Wildman–Crippen MR) is 109 cm³/mol. The summed E-state index contributed by atoms with van der Waals surface area (Å²) in [5, 5.41) is 11.7. The number of anilines is 1. The number of amides is 2. The highest BCUT2D eigenvalue weighted by Crippen LogP contribution is 2.35. The van der Waals surface area contributed by atoms with Gasteiger partial charge >= 0.3 is 12.0 Å². The molecule has 0 unspecified atom stereocenters. The summed E-state index contributed by atoms with van der Waals surface area (Å²) in [5.41, 5.74) is 11.1. The molecular formula is C21H16N4O3. The van der Waals surface area contributed by atoms with Crippen molar-refractivity contribution in [3.05, 3.63) is 71.5 Å². The summed E-state index contributed by atoms with van der Waals surface area (Å²) < 4.78 is 0. The van der Waals surface area contributed by atoms with Gasteiger partial charge in [0.15, 0.2) is 0 Å². The fourth-order valence-electron chi connectivity index (χ4n) is 3.08. The number of primary amides is 1. The number of aromatic carboxylic acids is 1. The molecule has 2 heterocycles. The van der Waals surface area contributed by atoms with Gasteiger partial charge in [-0.3, -0.25) is 4.99 Å². The molecule has 5 N–H and O–H groups in total. The number of aromatic nitrogens is 1. The Bertz CT molecular complexity index is 1160. The van der Waals surface area contributed by atoms with E-state index in [1.807, 2.05) is 36.5 Å². The van der Waals surface area contributed by atoms with E-state index in [9.17, 15) is 9.59 Å². The largest absolute Gasteiger partial charge is 0.478 e. The topological polar surface area (TPSA) is 121 Å². The van der Waals surface area contributed by atoms with Crippen molar-refractivity contribution in [2.45, 2.75) is 0 Å². The minimum Gasteiger partial charge on any atom is -0.478 e. The Labute approximate surface area is 160 Å². The lowest BCUT2D eigenvalue weighted by atomic mass is 10.0. The van der Waals surface area contributed by atoms with Gasteiger partial charge in [-0.15, -0.1) is 0 Å². The van der Waals surface area contributed by atoms with E-state index in [1.165, 1.54) is 0 Å². The molecule has 2 amide bonds. The number of benzene rings is 2. The number of carbonyl (C=O) groups excluding carboxylic acids is 1. The molecule has 0 spiro atoms. The Balaban J connectivity index is 1.64. The van der Waals surface area contributed by atoms with Gasteiger partial charge in [0.25, 0.3) is 0 Å². The van der Waals surface area contributed by atoms with E-state index in [1.54, 1.807) is 30.5 Å². The molecule has 0 bridgehead atoms. The Hall–Kier alpha value is -4.13. The fourth-order valence-corrected chi connectivity index (χ4v) is 3.08. The number of aromatic amines is 1. The number of H-pyrrole nitrogens is 1. The molecule has 0 aliphatic carbocycles. The Morgan fingerprint density at radius 3 is 2.75 bits per heavy atom. The summed E-state index contributed by atoms with van der Waals surface area (Å²) in [7, 11) is 0. The van der Waals surface area contributed by atoms with Crippen LogP contribution in [-0.4, -0.2) is 28.3 Å². The van der Waals surface area contributed by atoms with Gasteiger partial charge in [-0.1, -0.05) is 12.1 Å². The van der Waals surface area contributed by atoms with Gasteiger partial charge in [-0.05, 0) is 53.6 Å². The monoisotopic (exact) mass is 372 g/mol. The van der Waals surface area contributed by atoms with Gasteiger partial charge in [0.2, 0.25) is 0 Å². The quantitative estimate of drug-likeness (QED) is 0.551. The Morgan fingerprint density at radius 1 is 1.11 bits per heavy atom. The minimum atomic E-state index is -0.959. The van der Waals surface area contributed by atoms with Crippen molar-refractivity contribution in [1.82, 2.24) is 4.98 Å². The van der Waals surface area contributed by atoms with E-state index in [-0.39, 0.29) is 5.56 Å². The van der Waals surface area contributed by atoms with Crippen molar-refractivity contribution in [1.29, 1.82) is 0 Å². The normalized spacial score (nSPS) is 13.5. The third kappa shape index (κ3) is 3.41. The number of aliphatic imine (C=N–C) groups is 1. The lowest BCUT2D eigenvalue weighted by Crippen LogP contribution is -2.19. The average molecular weight is 372 g/mol. The van der Waals surface area contributed by atoms with Crippen LogP contribution in [0.25, 0.3) is 22.8 Å². The number of carboxylic acid groups (broad SMARTS) is 1. The average Bonchev–Trinajstić information content (AvgIpc) is 3.29. The van der Waals surface area contributed by atoms with Gasteiger partial charge < -0.3 is 21.1 Å². The lowest BCUT2D eigenvalue weighted by molar-refractivity contribution is 0.0697. The van der Waals surface area contributed by atoms with Crippen LogP contribution in [0.5, 0.6) is 0 Å². The third-order valence-corrected chi connectivity index (χ3v) is 4.38. The molecule has 0 fully saturated rings. The number of nitrogens with one attached hydrogen (secondary N) is 2. The molecular weight excluding hydrogens is 356 g/mol. The van der Waals surface area contributed by atoms with Crippen molar-refractivity contribution < 1.29 is 14.7 Å². The summed E-state index contributed by atoms with van der Waals surface area (Å²) in [4.78, 5) is 29.8. The number of nitrogens with zero attached hydrogens (tertiary/aromatic N) is 1. The molecule has 1 aliphatic rings. The second-order valence-corrected chi connectivity index (χ2v) is 6.31. The smallest absolute Gasteiger partial charge is 0.335 e. The zero-order chi connectivity index (χ0) is 19.7. The molecule has 3 aromatic rings. The third-order valence-electron chi connectivity index (χ3n) is 4.38. The van der Waals surface area contributed by atoms with Crippen molar-refractivity contribution in [3.63, 3.8) is 0 Å².